The van der Waals surface area contributed by atoms with Crippen LogP contribution in [0.1, 0.15) is 37.0 Å². The average molecular weight is 305 g/mol. The highest BCUT2D eigenvalue weighted by molar-refractivity contribution is 5.57. The SMILES string of the molecule is Cc1cc(N2CCCC(C(F)(F)F)C2)c([C@@H](C)O)cc1F. The second-order valence-electron chi connectivity index (χ2n) is 5.66. The van der Waals surface area contributed by atoms with Crippen molar-refractivity contribution in [3.63, 3.8) is 0 Å². The Hall–Kier alpha value is -1.30. The topological polar surface area (TPSA) is 23.5 Å². The van der Waals surface area contributed by atoms with Gasteiger partial charge in [0.2, 0.25) is 0 Å². The fraction of sp³-hybridized carbons (Fsp3) is 0.600. The molecule has 1 aromatic carbocycles. The lowest BCUT2D eigenvalue weighted by Crippen LogP contribution is -2.42. The Morgan fingerprint density at radius 3 is 2.57 bits per heavy atom. The molecule has 0 amide bonds. The van der Waals surface area contributed by atoms with Crippen LogP contribution in [0.4, 0.5) is 23.2 Å². The van der Waals surface area contributed by atoms with E-state index in [0.717, 1.165) is 0 Å². The Morgan fingerprint density at radius 1 is 1.33 bits per heavy atom. The average Bonchev–Trinajstić information content (AvgIpc) is 2.40. The molecule has 1 fully saturated rings. The van der Waals surface area contributed by atoms with E-state index < -0.39 is 24.0 Å². The second-order valence-corrected chi connectivity index (χ2v) is 5.66. The number of alkyl halides is 3. The number of halogens is 4. The molecule has 0 saturated carbocycles. The van der Waals surface area contributed by atoms with Crippen LogP contribution in [0, 0.1) is 18.7 Å². The number of aliphatic hydroxyl groups excluding tert-OH is 1. The van der Waals surface area contributed by atoms with Crippen molar-refractivity contribution in [2.75, 3.05) is 18.0 Å². The maximum Gasteiger partial charge on any atom is 0.393 e. The van der Waals surface area contributed by atoms with Crippen LogP contribution in [0.2, 0.25) is 0 Å². The first-order valence-corrected chi connectivity index (χ1v) is 7.00. The number of aliphatic hydroxyl groups is 1. The van der Waals surface area contributed by atoms with Crippen LogP contribution in [0.15, 0.2) is 12.1 Å². The molecule has 6 heteroatoms. The third-order valence-electron chi connectivity index (χ3n) is 3.98. The first-order valence-electron chi connectivity index (χ1n) is 7.00. The van der Waals surface area contributed by atoms with E-state index in [1.54, 1.807) is 11.8 Å². The summed E-state index contributed by atoms with van der Waals surface area (Å²) in [4.78, 5) is 1.61. The summed E-state index contributed by atoms with van der Waals surface area (Å²) in [6.45, 7) is 3.39. The fourth-order valence-corrected chi connectivity index (χ4v) is 2.75. The minimum absolute atomic E-state index is 0.115. The van der Waals surface area contributed by atoms with Gasteiger partial charge in [-0.25, -0.2) is 4.39 Å². The number of nitrogens with zero attached hydrogens (tertiary/aromatic N) is 1. The molecule has 21 heavy (non-hydrogen) atoms. The molecule has 0 bridgehead atoms. The van der Waals surface area contributed by atoms with Crippen LogP contribution in [0.3, 0.4) is 0 Å². The van der Waals surface area contributed by atoms with E-state index in [9.17, 15) is 22.7 Å². The fourth-order valence-electron chi connectivity index (χ4n) is 2.75. The number of hydrogen-bond acceptors (Lipinski definition) is 2. The predicted molar refractivity (Wildman–Crippen MR) is 72.8 cm³/mol. The second kappa shape index (κ2) is 5.83. The summed E-state index contributed by atoms with van der Waals surface area (Å²) in [7, 11) is 0. The van der Waals surface area contributed by atoms with Crippen molar-refractivity contribution >= 4 is 5.69 Å². The number of benzene rings is 1. The van der Waals surface area contributed by atoms with Gasteiger partial charge in [-0.05, 0) is 44.4 Å². The largest absolute Gasteiger partial charge is 0.393 e. The Labute approximate surface area is 121 Å². The summed E-state index contributed by atoms with van der Waals surface area (Å²) >= 11 is 0. The summed E-state index contributed by atoms with van der Waals surface area (Å²) in [6, 6.07) is 2.74. The van der Waals surface area contributed by atoms with Gasteiger partial charge in [-0.15, -0.1) is 0 Å². The first-order chi connectivity index (χ1) is 9.70. The molecule has 1 N–H and O–H groups in total. The summed E-state index contributed by atoms with van der Waals surface area (Å²) in [5.74, 6) is -1.84. The molecule has 2 rings (SSSR count). The van der Waals surface area contributed by atoms with E-state index in [-0.39, 0.29) is 13.0 Å². The van der Waals surface area contributed by atoms with E-state index in [4.69, 9.17) is 0 Å². The summed E-state index contributed by atoms with van der Waals surface area (Å²) in [5.41, 5.74) is 1.20. The standard InChI is InChI=1S/C15H19F4NO/c1-9-6-14(12(10(2)21)7-13(9)16)20-5-3-4-11(8-20)15(17,18)19/h6-7,10-11,21H,3-5,8H2,1-2H3/t10-,11?/m1/s1. The van der Waals surface area contributed by atoms with Crippen LogP contribution in [-0.4, -0.2) is 24.4 Å². The van der Waals surface area contributed by atoms with Crippen molar-refractivity contribution in [1.82, 2.24) is 0 Å². The predicted octanol–water partition coefficient (Wildman–Crippen LogP) is 3.97. The van der Waals surface area contributed by atoms with Gasteiger partial charge in [-0.2, -0.15) is 13.2 Å². The monoisotopic (exact) mass is 305 g/mol. The molecule has 1 unspecified atom stereocenters. The third-order valence-corrected chi connectivity index (χ3v) is 3.98. The van der Waals surface area contributed by atoms with Gasteiger partial charge in [-0.1, -0.05) is 0 Å². The molecule has 2 nitrogen and oxygen atoms in total. The zero-order valence-electron chi connectivity index (χ0n) is 12.0. The Balaban J connectivity index is 2.34. The van der Waals surface area contributed by atoms with Crippen molar-refractivity contribution in [2.24, 2.45) is 5.92 Å². The van der Waals surface area contributed by atoms with E-state index >= 15 is 0 Å². The molecule has 0 spiro atoms. The highest BCUT2D eigenvalue weighted by atomic mass is 19.4. The Morgan fingerprint density at radius 2 is 2.00 bits per heavy atom. The molecule has 0 aliphatic carbocycles. The van der Waals surface area contributed by atoms with Crippen molar-refractivity contribution in [2.45, 2.75) is 39.0 Å². The maximum atomic E-state index is 13.6. The molecule has 1 aromatic rings. The third kappa shape index (κ3) is 3.48. The van der Waals surface area contributed by atoms with Gasteiger partial charge in [0.15, 0.2) is 0 Å². The van der Waals surface area contributed by atoms with E-state index in [2.05, 4.69) is 0 Å². The highest BCUT2D eigenvalue weighted by Crippen LogP contribution is 2.37. The van der Waals surface area contributed by atoms with Gasteiger partial charge in [0.1, 0.15) is 5.82 Å². The van der Waals surface area contributed by atoms with Crippen molar-refractivity contribution in [3.05, 3.63) is 29.1 Å². The number of anilines is 1. The summed E-state index contributed by atoms with van der Waals surface area (Å²) in [5, 5.41) is 9.76. The molecule has 2 atom stereocenters. The van der Waals surface area contributed by atoms with E-state index in [1.807, 2.05) is 0 Å². The summed E-state index contributed by atoms with van der Waals surface area (Å²) in [6.07, 6.45) is -4.61. The van der Waals surface area contributed by atoms with Crippen LogP contribution in [0.5, 0.6) is 0 Å². The summed E-state index contributed by atoms with van der Waals surface area (Å²) < 4.78 is 52.3. The first kappa shape index (κ1) is 16.1. The number of piperidine rings is 1. The Bertz CT molecular complexity index is 513. The molecular weight excluding hydrogens is 286 g/mol. The number of rotatable bonds is 2. The van der Waals surface area contributed by atoms with Crippen LogP contribution < -0.4 is 4.90 Å². The molecule has 1 saturated heterocycles. The normalized spacial score (nSPS) is 21.5. The minimum atomic E-state index is -4.22. The smallest absolute Gasteiger partial charge is 0.389 e. The maximum absolute atomic E-state index is 13.6. The van der Waals surface area contributed by atoms with Crippen molar-refractivity contribution in [3.8, 4) is 0 Å². The van der Waals surface area contributed by atoms with Crippen LogP contribution >= 0.6 is 0 Å². The van der Waals surface area contributed by atoms with E-state index in [1.165, 1.54) is 19.1 Å². The lowest BCUT2D eigenvalue weighted by atomic mass is 9.95. The zero-order chi connectivity index (χ0) is 15.8. The zero-order valence-corrected chi connectivity index (χ0v) is 12.0. The quantitative estimate of drug-likeness (QED) is 0.836. The molecular formula is C15H19F4NO. The van der Waals surface area contributed by atoms with Crippen molar-refractivity contribution in [1.29, 1.82) is 0 Å². The molecule has 0 aromatic heterocycles. The molecule has 0 radical (unpaired) electrons. The molecule has 1 heterocycles. The van der Waals surface area contributed by atoms with Gasteiger partial charge in [0, 0.05) is 24.3 Å². The van der Waals surface area contributed by atoms with Gasteiger partial charge in [0.25, 0.3) is 0 Å². The highest BCUT2D eigenvalue weighted by Gasteiger charge is 2.42. The minimum Gasteiger partial charge on any atom is -0.389 e. The molecule has 118 valence electrons. The van der Waals surface area contributed by atoms with E-state index in [0.29, 0.717) is 29.8 Å². The number of hydrogen-bond donors (Lipinski definition) is 1. The number of aryl methyl sites for hydroxylation is 1. The van der Waals surface area contributed by atoms with Gasteiger partial charge >= 0.3 is 6.18 Å². The van der Waals surface area contributed by atoms with Gasteiger partial charge in [-0.3, -0.25) is 0 Å². The van der Waals surface area contributed by atoms with Crippen LogP contribution in [0.25, 0.3) is 0 Å². The van der Waals surface area contributed by atoms with Crippen LogP contribution in [-0.2, 0) is 0 Å². The molecule has 1 aliphatic rings. The van der Waals surface area contributed by atoms with Crippen molar-refractivity contribution < 1.29 is 22.7 Å². The van der Waals surface area contributed by atoms with Gasteiger partial charge in [0.05, 0.1) is 12.0 Å². The Kier molecular flexibility index (Phi) is 4.46. The van der Waals surface area contributed by atoms with Gasteiger partial charge < -0.3 is 10.0 Å². The lowest BCUT2D eigenvalue weighted by molar-refractivity contribution is -0.176. The lowest BCUT2D eigenvalue weighted by Gasteiger charge is -2.36. The molecule has 1 aliphatic heterocycles.